The summed E-state index contributed by atoms with van der Waals surface area (Å²) in [6.07, 6.45) is 6.00. The molecule has 0 saturated carbocycles. The lowest BCUT2D eigenvalue weighted by Gasteiger charge is -2.19. The first-order valence-corrected chi connectivity index (χ1v) is 7.59. The zero-order valence-corrected chi connectivity index (χ0v) is 12.4. The van der Waals surface area contributed by atoms with Crippen molar-refractivity contribution >= 4 is 0 Å². The largest absolute Gasteiger partial charge is 0.440 e. The third-order valence-electron chi connectivity index (χ3n) is 4.15. The molecule has 0 aromatic carbocycles. The van der Waals surface area contributed by atoms with E-state index in [4.69, 9.17) is 9.68 Å². The van der Waals surface area contributed by atoms with Crippen molar-refractivity contribution in [2.24, 2.45) is 0 Å². The molecule has 0 saturated heterocycles. The molecule has 0 aliphatic heterocycles. The predicted octanol–water partition coefficient (Wildman–Crippen LogP) is 3.28. The van der Waals surface area contributed by atoms with E-state index in [1.54, 1.807) is 18.5 Å². The van der Waals surface area contributed by atoms with Crippen LogP contribution >= 0.6 is 0 Å². The van der Waals surface area contributed by atoms with E-state index in [9.17, 15) is 0 Å². The van der Waals surface area contributed by atoms with Gasteiger partial charge in [-0.2, -0.15) is 5.26 Å². The molecule has 3 aromatic heterocycles. The topological polar surface area (TPSA) is 75.6 Å². The average molecular weight is 302 g/mol. The number of nitrogens with zero attached hydrogens (tertiary/aromatic N) is 4. The number of aryl methyl sites for hydroxylation is 1. The molecule has 0 N–H and O–H groups in total. The second-order valence-corrected chi connectivity index (χ2v) is 5.62. The Kier molecular flexibility index (Phi) is 3.35. The van der Waals surface area contributed by atoms with Crippen LogP contribution in [0.4, 0.5) is 0 Å². The number of pyridine rings is 2. The lowest BCUT2D eigenvalue weighted by atomic mass is 9.87. The van der Waals surface area contributed by atoms with Crippen LogP contribution in [-0.4, -0.2) is 15.0 Å². The highest BCUT2D eigenvalue weighted by molar-refractivity contribution is 5.47. The molecule has 0 fully saturated rings. The van der Waals surface area contributed by atoms with Crippen LogP contribution in [0.3, 0.4) is 0 Å². The lowest BCUT2D eigenvalue weighted by Crippen LogP contribution is -2.13. The summed E-state index contributed by atoms with van der Waals surface area (Å²) >= 11 is 0. The van der Waals surface area contributed by atoms with Crippen molar-refractivity contribution < 1.29 is 4.42 Å². The van der Waals surface area contributed by atoms with Gasteiger partial charge in [0.2, 0.25) is 5.89 Å². The van der Waals surface area contributed by atoms with Crippen LogP contribution in [0.5, 0.6) is 0 Å². The smallest absolute Gasteiger partial charge is 0.245 e. The first-order chi connectivity index (χ1) is 11.3. The molecule has 0 radical (unpaired) electrons. The molecule has 1 aliphatic carbocycles. The van der Waals surface area contributed by atoms with Gasteiger partial charge in [-0.05, 0) is 30.7 Å². The number of hydrogen-bond donors (Lipinski definition) is 0. The van der Waals surface area contributed by atoms with Crippen molar-refractivity contribution in [3.8, 4) is 17.7 Å². The Bertz CT molecular complexity index is 880. The molecule has 5 nitrogen and oxygen atoms in total. The molecule has 3 aromatic rings. The third-order valence-corrected chi connectivity index (χ3v) is 4.15. The monoisotopic (exact) mass is 302 g/mol. The molecule has 1 atom stereocenters. The van der Waals surface area contributed by atoms with Gasteiger partial charge in [-0.25, -0.2) is 4.98 Å². The second-order valence-electron chi connectivity index (χ2n) is 5.62. The van der Waals surface area contributed by atoms with Crippen molar-refractivity contribution in [1.82, 2.24) is 15.0 Å². The summed E-state index contributed by atoms with van der Waals surface area (Å²) in [5.74, 6) is 1.80. The van der Waals surface area contributed by atoms with Gasteiger partial charge in [-0.3, -0.25) is 9.97 Å². The van der Waals surface area contributed by atoms with Crippen LogP contribution in [0.1, 0.15) is 35.1 Å². The predicted molar refractivity (Wildman–Crippen MR) is 83.5 cm³/mol. The van der Waals surface area contributed by atoms with E-state index in [1.165, 1.54) is 0 Å². The Morgan fingerprint density at radius 3 is 2.96 bits per heavy atom. The molecule has 0 bridgehead atoms. The van der Waals surface area contributed by atoms with E-state index in [0.29, 0.717) is 11.5 Å². The zero-order valence-electron chi connectivity index (χ0n) is 12.4. The van der Waals surface area contributed by atoms with Gasteiger partial charge in [0.25, 0.3) is 0 Å². The number of aromatic nitrogens is 3. The highest BCUT2D eigenvalue weighted by Crippen LogP contribution is 2.33. The van der Waals surface area contributed by atoms with Gasteiger partial charge in [-0.1, -0.05) is 6.07 Å². The van der Waals surface area contributed by atoms with Gasteiger partial charge in [0.1, 0.15) is 11.5 Å². The average Bonchev–Trinajstić information content (AvgIpc) is 3.06. The molecule has 1 unspecified atom stereocenters. The van der Waals surface area contributed by atoms with E-state index in [1.807, 2.05) is 24.3 Å². The fourth-order valence-corrected chi connectivity index (χ4v) is 2.97. The minimum atomic E-state index is 0.275. The Morgan fingerprint density at radius 2 is 2.13 bits per heavy atom. The summed E-state index contributed by atoms with van der Waals surface area (Å²) in [6.45, 7) is 0. The highest BCUT2D eigenvalue weighted by Gasteiger charge is 2.26. The van der Waals surface area contributed by atoms with Crippen LogP contribution in [0.2, 0.25) is 0 Å². The van der Waals surface area contributed by atoms with Crippen molar-refractivity contribution in [3.05, 3.63) is 65.4 Å². The normalized spacial score (nSPS) is 16.6. The second kappa shape index (κ2) is 5.65. The van der Waals surface area contributed by atoms with E-state index < -0.39 is 0 Å². The summed E-state index contributed by atoms with van der Waals surface area (Å²) in [6, 6.07) is 11.5. The first-order valence-electron chi connectivity index (χ1n) is 7.59. The van der Waals surface area contributed by atoms with E-state index in [0.717, 1.165) is 42.1 Å². The van der Waals surface area contributed by atoms with Crippen LogP contribution in [0.25, 0.3) is 11.6 Å². The number of rotatable bonds is 2. The molecule has 5 heteroatoms. The van der Waals surface area contributed by atoms with Crippen LogP contribution in [-0.2, 0) is 12.8 Å². The minimum absolute atomic E-state index is 0.275. The zero-order chi connectivity index (χ0) is 15.6. The quantitative estimate of drug-likeness (QED) is 0.726. The molecule has 3 heterocycles. The number of hydrogen-bond acceptors (Lipinski definition) is 5. The Hall–Kier alpha value is -3.00. The minimum Gasteiger partial charge on any atom is -0.440 e. The molecule has 112 valence electrons. The number of oxazole rings is 1. The summed E-state index contributed by atoms with van der Waals surface area (Å²) in [5, 5.41) is 9.04. The maximum absolute atomic E-state index is 9.04. The number of fused-ring (bicyclic) bond motifs is 1. The SMILES string of the molecule is N#Cc1ccnc(C2CCc3oc(-c4ccccn4)nc3C2)c1. The van der Waals surface area contributed by atoms with Crippen molar-refractivity contribution in [2.45, 2.75) is 25.2 Å². The maximum atomic E-state index is 9.04. The lowest BCUT2D eigenvalue weighted by molar-refractivity contribution is 0.460. The fraction of sp³-hybridized carbons (Fsp3) is 0.222. The van der Waals surface area contributed by atoms with Crippen molar-refractivity contribution in [1.29, 1.82) is 5.26 Å². The van der Waals surface area contributed by atoms with Gasteiger partial charge in [0.15, 0.2) is 0 Å². The van der Waals surface area contributed by atoms with Crippen LogP contribution < -0.4 is 0 Å². The standard InChI is InChI=1S/C18H14N4O/c19-11-12-6-8-21-15(9-12)13-4-5-17-16(10-13)22-18(23-17)14-3-1-2-7-20-14/h1-3,6-9,13H,4-5,10H2. The van der Waals surface area contributed by atoms with Gasteiger partial charge >= 0.3 is 0 Å². The molecule has 23 heavy (non-hydrogen) atoms. The van der Waals surface area contributed by atoms with Crippen LogP contribution in [0.15, 0.2) is 47.1 Å². The molecule has 0 amide bonds. The fourth-order valence-electron chi connectivity index (χ4n) is 2.97. The van der Waals surface area contributed by atoms with Gasteiger partial charge in [0.05, 0.1) is 17.3 Å². The Balaban J connectivity index is 1.62. The molecular formula is C18H14N4O. The summed E-state index contributed by atoms with van der Waals surface area (Å²) in [4.78, 5) is 13.3. The summed E-state index contributed by atoms with van der Waals surface area (Å²) < 4.78 is 5.87. The Morgan fingerprint density at radius 1 is 1.17 bits per heavy atom. The van der Waals surface area contributed by atoms with Crippen molar-refractivity contribution in [3.63, 3.8) is 0 Å². The number of nitriles is 1. The van der Waals surface area contributed by atoms with E-state index in [2.05, 4.69) is 21.0 Å². The molecule has 0 spiro atoms. The van der Waals surface area contributed by atoms with E-state index >= 15 is 0 Å². The highest BCUT2D eigenvalue weighted by atomic mass is 16.4. The first kappa shape index (κ1) is 13.6. The molecule has 1 aliphatic rings. The van der Waals surface area contributed by atoms with Gasteiger partial charge < -0.3 is 4.42 Å². The Labute approximate surface area is 133 Å². The van der Waals surface area contributed by atoms with Crippen molar-refractivity contribution in [2.75, 3.05) is 0 Å². The van der Waals surface area contributed by atoms with E-state index in [-0.39, 0.29) is 5.92 Å². The molecular weight excluding hydrogens is 288 g/mol. The maximum Gasteiger partial charge on any atom is 0.245 e. The third kappa shape index (κ3) is 2.59. The summed E-state index contributed by atoms with van der Waals surface area (Å²) in [7, 11) is 0. The summed E-state index contributed by atoms with van der Waals surface area (Å²) in [5.41, 5.74) is 3.33. The molecule has 4 rings (SSSR count). The van der Waals surface area contributed by atoms with Gasteiger partial charge in [-0.15, -0.1) is 0 Å². The van der Waals surface area contributed by atoms with Gasteiger partial charge in [0, 0.05) is 36.8 Å². The van der Waals surface area contributed by atoms with Crippen LogP contribution in [0, 0.1) is 11.3 Å².